The van der Waals surface area contributed by atoms with E-state index in [0.717, 1.165) is 44.5 Å². The number of hydrogen-bond donors (Lipinski definition) is 6. The summed E-state index contributed by atoms with van der Waals surface area (Å²) in [5, 5.41) is 39.8. The largest absolute Gasteiger partial charge is 0.506 e. The number of aliphatic hydroxyl groups excluding tert-OH is 1. The number of carbonyl (C=O) groups is 3. The van der Waals surface area contributed by atoms with Crippen molar-refractivity contribution in [3.63, 3.8) is 0 Å². The van der Waals surface area contributed by atoms with Crippen LogP contribution in [0.3, 0.4) is 0 Å². The zero-order valence-corrected chi connectivity index (χ0v) is 37.9. The lowest BCUT2D eigenvalue weighted by atomic mass is 9.86. The number of aliphatic hydroxyl groups is 2. The number of phenolic OH excluding ortho intramolecular Hbond substituents is 1. The summed E-state index contributed by atoms with van der Waals surface area (Å²) < 4.78 is 11.8. The van der Waals surface area contributed by atoms with Crippen LogP contribution in [-0.4, -0.2) is 113 Å². The maximum Gasteiger partial charge on any atom is 0.347 e. The third kappa shape index (κ3) is 12.7. The van der Waals surface area contributed by atoms with Crippen molar-refractivity contribution in [1.82, 2.24) is 25.4 Å². The molecule has 1 saturated heterocycles. The first kappa shape index (κ1) is 48.4. The fraction of sp³-hybridized carbons (Fsp3) is 0.358. The Hall–Kier alpha value is -6.58. The third-order valence-corrected chi connectivity index (χ3v) is 12.6. The van der Waals surface area contributed by atoms with Crippen molar-refractivity contribution in [3.8, 4) is 11.5 Å². The molecule has 14 heteroatoms. The number of allylic oxidation sites excluding steroid dienone is 3. The molecule has 7 rings (SSSR count). The summed E-state index contributed by atoms with van der Waals surface area (Å²) in [6.07, 6.45) is 11.3. The summed E-state index contributed by atoms with van der Waals surface area (Å²) in [5.74, 6) is -0.393. The first-order chi connectivity index (χ1) is 32.5. The van der Waals surface area contributed by atoms with E-state index < -0.39 is 17.7 Å². The van der Waals surface area contributed by atoms with Crippen molar-refractivity contribution >= 4 is 28.7 Å². The number of hydrogen-bond acceptors (Lipinski definition) is 11. The van der Waals surface area contributed by atoms with Crippen LogP contribution in [0.5, 0.6) is 11.5 Å². The minimum atomic E-state index is -2.11. The highest BCUT2D eigenvalue weighted by molar-refractivity contribution is 5.94. The van der Waals surface area contributed by atoms with E-state index in [9.17, 15) is 34.5 Å². The molecule has 2 heterocycles. The number of likely N-dealkylation sites (N-methyl/N-ethyl adjacent to an activating group) is 1. The maximum absolute atomic E-state index is 13.9. The topological polar surface area (TPSA) is 194 Å². The molecule has 2 aliphatic rings. The van der Waals surface area contributed by atoms with Crippen LogP contribution in [-0.2, 0) is 26.3 Å². The van der Waals surface area contributed by atoms with E-state index in [0.29, 0.717) is 53.3 Å². The molecule has 6 N–H and O–H groups in total. The van der Waals surface area contributed by atoms with Crippen LogP contribution in [0.15, 0.2) is 132 Å². The first-order valence-electron chi connectivity index (χ1n) is 23.1. The van der Waals surface area contributed by atoms with Crippen LogP contribution in [0.2, 0.25) is 0 Å². The molecule has 67 heavy (non-hydrogen) atoms. The number of phenols is 1. The Labute approximate surface area is 390 Å². The van der Waals surface area contributed by atoms with Gasteiger partial charge in [0.05, 0.1) is 18.2 Å². The summed E-state index contributed by atoms with van der Waals surface area (Å²) in [4.78, 5) is 58.6. The lowest BCUT2D eigenvalue weighted by Gasteiger charge is -2.34. The SMILES string of the molecule is CCN(CCNC(=O)c1ccc(CCNC[C@H](O)c2ccc(O)c3[nH]c(=O)ccc23)cc1)C(=O)COc1cccc(C(O)(C(=O)OCC2CCN(CC3C=CC=CC3)CC2)c2ccccc2)c1. The average molecular weight is 912 g/mol. The van der Waals surface area contributed by atoms with Crippen molar-refractivity contribution < 1.29 is 39.2 Å². The number of aromatic nitrogens is 1. The van der Waals surface area contributed by atoms with Gasteiger partial charge in [0.2, 0.25) is 11.2 Å². The lowest BCUT2D eigenvalue weighted by Crippen LogP contribution is -2.41. The molecule has 352 valence electrons. The van der Waals surface area contributed by atoms with Gasteiger partial charge in [-0.2, -0.15) is 0 Å². The molecule has 14 nitrogen and oxygen atoms in total. The van der Waals surface area contributed by atoms with Gasteiger partial charge in [0.1, 0.15) is 11.5 Å². The molecule has 1 aliphatic heterocycles. The van der Waals surface area contributed by atoms with Crippen LogP contribution in [0, 0.1) is 11.8 Å². The number of carbonyl (C=O) groups excluding carboxylic acids is 3. The molecule has 0 radical (unpaired) electrons. The normalized spacial score (nSPS) is 16.6. The lowest BCUT2D eigenvalue weighted by molar-refractivity contribution is -0.164. The molecule has 3 atom stereocenters. The number of pyridine rings is 1. The third-order valence-electron chi connectivity index (χ3n) is 12.6. The van der Waals surface area contributed by atoms with E-state index in [1.54, 1.807) is 77.7 Å². The highest BCUT2D eigenvalue weighted by Gasteiger charge is 2.42. The second-order valence-electron chi connectivity index (χ2n) is 17.2. The van der Waals surface area contributed by atoms with Gasteiger partial charge in [-0.05, 0) is 117 Å². The number of nitrogens with zero attached hydrogens (tertiary/aromatic N) is 2. The summed E-state index contributed by atoms with van der Waals surface area (Å²) in [6, 6.07) is 28.5. The Morgan fingerprint density at radius 1 is 0.925 bits per heavy atom. The number of rotatable bonds is 21. The van der Waals surface area contributed by atoms with E-state index in [-0.39, 0.29) is 73.0 Å². The van der Waals surface area contributed by atoms with E-state index in [1.165, 1.54) is 12.1 Å². The number of aromatic amines is 1. The predicted octanol–water partition coefficient (Wildman–Crippen LogP) is 5.38. The molecular weight excluding hydrogens is 851 g/mol. The zero-order chi connectivity index (χ0) is 47.2. The second-order valence-corrected chi connectivity index (χ2v) is 17.2. The van der Waals surface area contributed by atoms with Gasteiger partial charge in [-0.15, -0.1) is 0 Å². The van der Waals surface area contributed by atoms with Gasteiger partial charge in [0.15, 0.2) is 6.61 Å². The Balaban J connectivity index is 0.847. The molecule has 4 aromatic carbocycles. The highest BCUT2D eigenvalue weighted by atomic mass is 16.5. The van der Waals surface area contributed by atoms with Crippen molar-refractivity contribution in [1.29, 1.82) is 0 Å². The Bertz CT molecular complexity index is 2570. The number of piperidine rings is 1. The fourth-order valence-electron chi connectivity index (χ4n) is 8.68. The minimum Gasteiger partial charge on any atom is -0.506 e. The number of benzene rings is 4. The van der Waals surface area contributed by atoms with Gasteiger partial charge < -0.3 is 50.2 Å². The number of esters is 1. The average Bonchev–Trinajstić information content (AvgIpc) is 3.36. The van der Waals surface area contributed by atoms with E-state index >= 15 is 0 Å². The molecule has 2 unspecified atom stereocenters. The molecule has 2 amide bonds. The van der Waals surface area contributed by atoms with Crippen molar-refractivity contribution in [2.45, 2.75) is 44.3 Å². The molecule has 0 bridgehead atoms. The Morgan fingerprint density at radius 2 is 1.70 bits per heavy atom. The van der Waals surface area contributed by atoms with Crippen LogP contribution in [0.25, 0.3) is 10.9 Å². The molecular formula is C53H61N5O9. The summed E-state index contributed by atoms with van der Waals surface area (Å²) >= 11 is 0. The molecule has 0 spiro atoms. The Morgan fingerprint density at radius 3 is 2.45 bits per heavy atom. The molecule has 5 aromatic rings. The Kier molecular flexibility index (Phi) is 16.8. The smallest absolute Gasteiger partial charge is 0.347 e. The van der Waals surface area contributed by atoms with Crippen LogP contribution < -0.4 is 20.9 Å². The number of nitrogens with one attached hydrogen (secondary N) is 3. The molecule has 1 fully saturated rings. The van der Waals surface area contributed by atoms with E-state index in [2.05, 4.69) is 44.8 Å². The maximum atomic E-state index is 13.9. The van der Waals surface area contributed by atoms with Crippen molar-refractivity contribution in [2.75, 3.05) is 65.6 Å². The second kappa shape index (κ2) is 23.2. The number of ether oxygens (including phenoxy) is 2. The summed E-state index contributed by atoms with van der Waals surface area (Å²) in [5.41, 5.74) is 0.497. The van der Waals surface area contributed by atoms with Gasteiger partial charge in [-0.3, -0.25) is 14.4 Å². The summed E-state index contributed by atoms with van der Waals surface area (Å²) in [6.45, 7) is 6.32. The van der Waals surface area contributed by atoms with Gasteiger partial charge in [0, 0.05) is 55.3 Å². The standard InChI is InChI=1S/C53H61N5O9/c1-2-58(31-28-55-51(63)40-18-16-37(17-19-40)24-27-54-33-47(60)44-20-22-46(59)50-45(44)21-23-48(61)56-50)49(62)36-66-43-15-9-14-42(32-43)53(65,41-12-7-4-8-13-41)52(64)67-35-39-25-29-57(30-26-39)34-38-10-5-3-6-11-38/h3-10,12-23,32,38-39,47,54,59-60,65H,2,11,24-31,33-36H2,1H3,(H,55,63)(H,56,61)/t38?,47-,53?/m0/s1. The van der Waals surface area contributed by atoms with Gasteiger partial charge in [0.25, 0.3) is 11.8 Å². The van der Waals surface area contributed by atoms with Crippen LogP contribution in [0.1, 0.15) is 64.9 Å². The first-order valence-corrected chi connectivity index (χ1v) is 23.1. The van der Waals surface area contributed by atoms with E-state index in [4.69, 9.17) is 9.47 Å². The molecule has 1 aromatic heterocycles. The van der Waals surface area contributed by atoms with E-state index in [1.807, 2.05) is 25.1 Å². The summed E-state index contributed by atoms with van der Waals surface area (Å²) in [7, 11) is 0. The molecule has 0 saturated carbocycles. The monoisotopic (exact) mass is 911 g/mol. The van der Waals surface area contributed by atoms with Crippen LogP contribution in [0.4, 0.5) is 0 Å². The van der Waals surface area contributed by atoms with Crippen molar-refractivity contribution in [2.24, 2.45) is 11.8 Å². The zero-order valence-electron chi connectivity index (χ0n) is 37.9. The predicted molar refractivity (Wildman–Crippen MR) is 257 cm³/mol. The number of likely N-dealkylation sites (tertiary alicyclic amines) is 1. The molecule has 1 aliphatic carbocycles. The number of fused-ring (bicyclic) bond motifs is 1. The van der Waals surface area contributed by atoms with Crippen LogP contribution >= 0.6 is 0 Å². The highest BCUT2D eigenvalue weighted by Crippen LogP contribution is 2.34. The van der Waals surface area contributed by atoms with Gasteiger partial charge in [-0.1, -0.05) is 85.0 Å². The number of amides is 2. The fourth-order valence-corrected chi connectivity index (χ4v) is 8.68. The quantitative estimate of drug-likeness (QED) is 0.0409. The van der Waals surface area contributed by atoms with Gasteiger partial charge >= 0.3 is 5.97 Å². The van der Waals surface area contributed by atoms with Crippen molar-refractivity contribution in [3.05, 3.63) is 166 Å². The minimum absolute atomic E-state index is 0.0662. The number of aromatic hydroxyl groups is 1. The number of H-pyrrole nitrogens is 1. The van der Waals surface area contributed by atoms with Gasteiger partial charge in [-0.25, -0.2) is 4.79 Å².